The third-order valence-corrected chi connectivity index (χ3v) is 9.02. The lowest BCUT2D eigenvalue weighted by atomic mass is 9.73. The van der Waals surface area contributed by atoms with Crippen molar-refractivity contribution in [2.45, 2.75) is 69.7 Å². The molecule has 9 nitrogen and oxygen atoms in total. The van der Waals surface area contributed by atoms with Crippen LogP contribution in [0.1, 0.15) is 46.5 Å². The molecule has 4 aliphatic rings. The Kier molecular flexibility index (Phi) is 7.81. The second-order valence-corrected chi connectivity index (χ2v) is 11.5. The van der Waals surface area contributed by atoms with Gasteiger partial charge in [-0.25, -0.2) is 0 Å². The van der Waals surface area contributed by atoms with Gasteiger partial charge in [-0.3, -0.25) is 14.4 Å². The fourth-order valence-electron chi connectivity index (χ4n) is 6.95. The zero-order valence-electron chi connectivity index (χ0n) is 23.7. The van der Waals surface area contributed by atoms with Gasteiger partial charge in [0.2, 0.25) is 5.91 Å². The zero-order chi connectivity index (χ0) is 28.7. The molecule has 1 unspecified atom stereocenters. The summed E-state index contributed by atoms with van der Waals surface area (Å²) < 4.78 is 18.0. The van der Waals surface area contributed by atoms with E-state index in [0.717, 1.165) is 19.3 Å². The second-order valence-electron chi connectivity index (χ2n) is 11.5. The van der Waals surface area contributed by atoms with Gasteiger partial charge in [0.05, 0.1) is 32.3 Å². The van der Waals surface area contributed by atoms with Crippen molar-refractivity contribution in [2.24, 2.45) is 17.8 Å². The molecule has 2 fully saturated rings. The van der Waals surface area contributed by atoms with Crippen LogP contribution in [0.25, 0.3) is 0 Å². The van der Waals surface area contributed by atoms with E-state index in [2.05, 4.69) is 0 Å². The van der Waals surface area contributed by atoms with Crippen molar-refractivity contribution in [2.75, 3.05) is 31.8 Å². The SMILES string of the molecule is CC[C@@]12/C=C\CCCCOC(=O)[C@@H]1[C@H]1C(=O)N([C@@H](CO)C(C)C)C3C(=O)N(c4ccc(OC)cc4)CC=C[C@@]31O2. The number of amides is 2. The van der Waals surface area contributed by atoms with Gasteiger partial charge in [0.25, 0.3) is 5.91 Å². The molecule has 0 bridgehead atoms. The monoisotopic (exact) mass is 552 g/mol. The number of esters is 1. The van der Waals surface area contributed by atoms with E-state index in [4.69, 9.17) is 14.2 Å². The lowest BCUT2D eigenvalue weighted by Gasteiger charge is -2.41. The number of nitrogens with zero attached hydrogens (tertiary/aromatic N) is 2. The molecule has 2 amide bonds. The number of carbonyl (C=O) groups excluding carboxylic acids is 3. The van der Waals surface area contributed by atoms with Crippen LogP contribution in [0.2, 0.25) is 0 Å². The van der Waals surface area contributed by atoms with Crippen LogP contribution in [0.5, 0.6) is 5.75 Å². The van der Waals surface area contributed by atoms with Crippen LogP contribution in [0.3, 0.4) is 0 Å². The number of anilines is 1. The Balaban J connectivity index is 1.68. The first-order valence-electron chi connectivity index (χ1n) is 14.3. The molecule has 1 spiro atoms. The van der Waals surface area contributed by atoms with E-state index >= 15 is 0 Å². The van der Waals surface area contributed by atoms with Crippen LogP contribution < -0.4 is 9.64 Å². The quantitative estimate of drug-likeness (QED) is 0.427. The second kappa shape index (κ2) is 11.0. The van der Waals surface area contributed by atoms with E-state index in [-0.39, 0.29) is 37.5 Å². The highest BCUT2D eigenvalue weighted by atomic mass is 16.6. The predicted octanol–water partition coefficient (Wildman–Crippen LogP) is 3.26. The summed E-state index contributed by atoms with van der Waals surface area (Å²) in [6.45, 7) is 5.96. The fraction of sp³-hybridized carbons (Fsp3) is 0.581. The number of benzene rings is 1. The number of aliphatic hydroxyl groups is 1. The molecule has 2 saturated heterocycles. The molecule has 4 heterocycles. The summed E-state index contributed by atoms with van der Waals surface area (Å²) in [5, 5.41) is 10.5. The van der Waals surface area contributed by atoms with E-state index in [1.54, 1.807) is 36.3 Å². The van der Waals surface area contributed by atoms with Gasteiger partial charge in [-0.15, -0.1) is 0 Å². The molecule has 0 radical (unpaired) electrons. The van der Waals surface area contributed by atoms with Gasteiger partial charge in [-0.2, -0.15) is 0 Å². The Labute approximate surface area is 235 Å². The molecule has 1 aromatic rings. The number of cyclic esters (lactones) is 1. The molecule has 5 rings (SSSR count). The van der Waals surface area contributed by atoms with E-state index in [1.807, 2.05) is 45.1 Å². The Hall–Kier alpha value is -3.17. The molecule has 4 aliphatic heterocycles. The number of allylic oxidation sites excluding steroid dienone is 1. The average Bonchev–Trinajstić information content (AvgIpc) is 3.30. The van der Waals surface area contributed by atoms with Gasteiger partial charge in [-0.1, -0.05) is 45.1 Å². The maximum atomic E-state index is 14.6. The molecule has 1 aromatic carbocycles. The van der Waals surface area contributed by atoms with Gasteiger partial charge in [0, 0.05) is 12.2 Å². The lowest BCUT2D eigenvalue weighted by Crippen LogP contribution is -2.60. The number of aliphatic hydroxyl groups excluding tert-OH is 1. The normalized spacial score (nSPS) is 33.6. The third kappa shape index (κ3) is 4.34. The number of hydrogen-bond acceptors (Lipinski definition) is 7. The lowest BCUT2D eigenvalue weighted by molar-refractivity contribution is -0.162. The minimum Gasteiger partial charge on any atom is -0.497 e. The summed E-state index contributed by atoms with van der Waals surface area (Å²) in [5.74, 6) is -2.56. The summed E-state index contributed by atoms with van der Waals surface area (Å²) >= 11 is 0. The fourth-order valence-corrected chi connectivity index (χ4v) is 6.95. The molecule has 6 atom stereocenters. The van der Waals surface area contributed by atoms with Crippen molar-refractivity contribution in [1.29, 1.82) is 0 Å². The van der Waals surface area contributed by atoms with Crippen LogP contribution in [-0.2, 0) is 23.9 Å². The van der Waals surface area contributed by atoms with Crippen LogP contribution in [0.15, 0.2) is 48.6 Å². The molecule has 1 N–H and O–H groups in total. The number of hydrogen-bond donors (Lipinski definition) is 1. The topological polar surface area (TPSA) is 106 Å². The highest BCUT2D eigenvalue weighted by Gasteiger charge is 2.76. The number of methoxy groups -OCH3 is 1. The number of likely N-dealkylation sites (tertiary alicyclic amines) is 1. The Morgan fingerprint density at radius 3 is 2.45 bits per heavy atom. The summed E-state index contributed by atoms with van der Waals surface area (Å²) in [6.07, 6.45) is 10.5. The molecule has 40 heavy (non-hydrogen) atoms. The van der Waals surface area contributed by atoms with Crippen molar-refractivity contribution < 1.29 is 33.7 Å². The Morgan fingerprint density at radius 1 is 1.05 bits per heavy atom. The van der Waals surface area contributed by atoms with Crippen molar-refractivity contribution in [3.05, 3.63) is 48.6 Å². The third-order valence-electron chi connectivity index (χ3n) is 9.02. The number of fused-ring (bicyclic) bond motifs is 2. The molecular formula is C31H40N2O7. The van der Waals surface area contributed by atoms with Crippen LogP contribution >= 0.6 is 0 Å². The van der Waals surface area contributed by atoms with Crippen LogP contribution in [0.4, 0.5) is 5.69 Å². The molecular weight excluding hydrogens is 512 g/mol. The number of carbonyl (C=O) groups is 3. The number of ether oxygens (including phenoxy) is 3. The Morgan fingerprint density at radius 2 is 1.80 bits per heavy atom. The first kappa shape index (κ1) is 28.4. The van der Waals surface area contributed by atoms with Crippen LogP contribution in [0, 0.1) is 17.8 Å². The highest BCUT2D eigenvalue weighted by Crippen LogP contribution is 2.58. The molecule has 216 valence electrons. The van der Waals surface area contributed by atoms with Crippen LogP contribution in [-0.4, -0.2) is 77.9 Å². The predicted molar refractivity (Wildman–Crippen MR) is 149 cm³/mol. The largest absolute Gasteiger partial charge is 0.497 e. The zero-order valence-corrected chi connectivity index (χ0v) is 23.7. The van der Waals surface area contributed by atoms with E-state index < -0.39 is 41.1 Å². The van der Waals surface area contributed by atoms with Crippen molar-refractivity contribution in [3.63, 3.8) is 0 Å². The van der Waals surface area contributed by atoms with E-state index in [9.17, 15) is 19.5 Å². The van der Waals surface area contributed by atoms with E-state index in [1.165, 1.54) is 4.90 Å². The van der Waals surface area contributed by atoms with Gasteiger partial charge >= 0.3 is 5.97 Å². The van der Waals surface area contributed by atoms with Gasteiger partial charge in [0.15, 0.2) is 0 Å². The summed E-state index contributed by atoms with van der Waals surface area (Å²) in [7, 11) is 1.58. The standard InChI is InChI=1S/C31H40N2O7/c1-5-30-15-8-6-7-9-18-39-29(37)25(30)24-27(35)33(23(19-34)20(2)3)26-28(36)32(17-10-16-31(24,26)40-30)21-11-13-22(38-4)14-12-21/h8,10-16,20,23-26,34H,5-7,9,17-19H2,1-4H3/b15-8-/t23-,24-,25-,26?,30+,31-/m0/s1. The highest BCUT2D eigenvalue weighted by molar-refractivity contribution is 6.05. The molecule has 0 saturated carbocycles. The van der Waals surface area contributed by atoms with Gasteiger partial charge in [0.1, 0.15) is 28.9 Å². The molecule has 0 aliphatic carbocycles. The maximum absolute atomic E-state index is 14.6. The summed E-state index contributed by atoms with van der Waals surface area (Å²) in [4.78, 5) is 46.0. The molecule has 0 aromatic heterocycles. The van der Waals surface area contributed by atoms with Gasteiger partial charge in [-0.05, 0) is 55.9 Å². The maximum Gasteiger partial charge on any atom is 0.313 e. The smallest absolute Gasteiger partial charge is 0.313 e. The van der Waals surface area contributed by atoms with Crippen molar-refractivity contribution in [1.82, 2.24) is 4.90 Å². The Bertz CT molecular complexity index is 1190. The van der Waals surface area contributed by atoms with Gasteiger partial charge < -0.3 is 29.1 Å². The molecule has 9 heteroatoms. The minimum absolute atomic E-state index is 0.147. The average molecular weight is 553 g/mol. The minimum atomic E-state index is -1.41. The summed E-state index contributed by atoms with van der Waals surface area (Å²) in [5.41, 5.74) is -1.86. The van der Waals surface area contributed by atoms with Crippen molar-refractivity contribution in [3.8, 4) is 5.75 Å². The number of rotatable bonds is 6. The first-order chi connectivity index (χ1) is 19.2. The van der Waals surface area contributed by atoms with Crippen molar-refractivity contribution >= 4 is 23.5 Å². The van der Waals surface area contributed by atoms with E-state index in [0.29, 0.717) is 17.9 Å². The first-order valence-corrected chi connectivity index (χ1v) is 14.3. The summed E-state index contributed by atoms with van der Waals surface area (Å²) in [6, 6.07) is 5.45.